The molecule has 6 heteroatoms. The third kappa shape index (κ3) is 4.36. The Labute approximate surface area is 106 Å². The van der Waals surface area contributed by atoms with Crippen LogP contribution in [-0.4, -0.2) is 27.1 Å². The van der Waals surface area contributed by atoms with Crippen LogP contribution in [0.5, 0.6) is 0 Å². The molecule has 0 aliphatic heterocycles. The normalized spacial score (nSPS) is 12.6. The Balaban J connectivity index is 2.53. The second-order valence-electron chi connectivity index (χ2n) is 4.00. The predicted molar refractivity (Wildman–Crippen MR) is 66.1 cm³/mol. The van der Waals surface area contributed by atoms with Crippen LogP contribution in [0.1, 0.15) is 38.2 Å². The van der Waals surface area contributed by atoms with Gasteiger partial charge in [-0.1, -0.05) is 24.9 Å². The van der Waals surface area contributed by atoms with Gasteiger partial charge in [0.1, 0.15) is 11.9 Å². The van der Waals surface area contributed by atoms with Crippen molar-refractivity contribution in [1.29, 1.82) is 0 Å². The molecular weight excluding hydrogens is 242 g/mol. The third-order valence-corrected chi connectivity index (χ3v) is 2.81. The largest absolute Gasteiger partial charge is 0.480 e. The molecule has 1 rings (SSSR count). The number of aromatic nitrogens is 2. The monoisotopic (exact) mass is 259 g/mol. The Morgan fingerprint density at radius 2 is 2.35 bits per heavy atom. The van der Waals surface area contributed by atoms with Gasteiger partial charge in [0.15, 0.2) is 5.15 Å². The minimum Gasteiger partial charge on any atom is -0.480 e. The molecule has 1 aromatic heterocycles. The van der Waals surface area contributed by atoms with Crippen LogP contribution in [0.4, 0.5) is 0 Å². The first kappa shape index (κ1) is 14.0. The number of nitrogens with one attached hydrogen (secondary N) is 2. The molecule has 0 aromatic carbocycles. The van der Waals surface area contributed by atoms with Gasteiger partial charge in [-0.3, -0.25) is 10.1 Å². The number of nitrogens with zero attached hydrogens (tertiary/aromatic N) is 1. The summed E-state index contributed by atoms with van der Waals surface area (Å²) in [5.41, 5.74) is 0.742. The molecule has 0 bridgehead atoms. The second-order valence-corrected chi connectivity index (χ2v) is 4.36. The number of imidazole rings is 1. The van der Waals surface area contributed by atoms with Gasteiger partial charge in [-0.25, -0.2) is 4.98 Å². The van der Waals surface area contributed by atoms with Gasteiger partial charge in [-0.15, -0.1) is 0 Å². The molecule has 0 spiro atoms. The average Bonchev–Trinajstić information content (AvgIpc) is 2.64. The fourth-order valence-electron chi connectivity index (χ4n) is 1.36. The standard InChI is InChI=1S/C11H18ClN3O2/c1-3-4-5-9-14-8(10(12)15-9)6-13-7(2)11(16)17/h7,13H,3-6H2,1-2H3,(H,14,15)(H,16,17). The SMILES string of the molecule is CCCCc1nc(Cl)c(CNC(C)C(=O)O)[nH]1. The van der Waals surface area contributed by atoms with E-state index in [-0.39, 0.29) is 0 Å². The number of H-pyrrole nitrogens is 1. The molecule has 1 aromatic rings. The highest BCUT2D eigenvalue weighted by Crippen LogP contribution is 2.14. The summed E-state index contributed by atoms with van der Waals surface area (Å²) in [6.07, 6.45) is 3.02. The highest BCUT2D eigenvalue weighted by molar-refractivity contribution is 6.30. The van der Waals surface area contributed by atoms with Crippen molar-refractivity contribution in [2.45, 2.75) is 45.7 Å². The van der Waals surface area contributed by atoms with Crippen LogP contribution in [0.3, 0.4) is 0 Å². The Morgan fingerprint density at radius 3 is 2.94 bits per heavy atom. The van der Waals surface area contributed by atoms with E-state index in [4.69, 9.17) is 16.7 Å². The molecule has 0 aliphatic rings. The van der Waals surface area contributed by atoms with E-state index >= 15 is 0 Å². The van der Waals surface area contributed by atoms with E-state index in [2.05, 4.69) is 22.2 Å². The van der Waals surface area contributed by atoms with Gasteiger partial charge in [-0.05, 0) is 13.3 Å². The molecular formula is C11H18ClN3O2. The summed E-state index contributed by atoms with van der Waals surface area (Å²) in [6, 6.07) is -0.603. The topological polar surface area (TPSA) is 78.0 Å². The number of unbranched alkanes of at least 4 members (excludes halogenated alkanes) is 1. The molecule has 0 radical (unpaired) electrons. The number of rotatable bonds is 7. The molecule has 5 nitrogen and oxygen atoms in total. The Bertz CT molecular complexity index is 379. The molecule has 0 amide bonds. The second kappa shape index (κ2) is 6.61. The lowest BCUT2D eigenvalue weighted by atomic mass is 10.2. The van der Waals surface area contributed by atoms with E-state index in [1.807, 2.05) is 0 Å². The van der Waals surface area contributed by atoms with Crippen molar-refractivity contribution in [2.24, 2.45) is 0 Å². The van der Waals surface area contributed by atoms with Crippen LogP contribution in [-0.2, 0) is 17.8 Å². The Kier molecular flexibility index (Phi) is 5.44. The van der Waals surface area contributed by atoms with Crippen molar-refractivity contribution >= 4 is 17.6 Å². The predicted octanol–water partition coefficient (Wildman–Crippen LogP) is 1.97. The summed E-state index contributed by atoms with van der Waals surface area (Å²) in [4.78, 5) is 17.9. The lowest BCUT2D eigenvalue weighted by Crippen LogP contribution is -2.33. The van der Waals surface area contributed by atoms with E-state index in [0.29, 0.717) is 11.7 Å². The van der Waals surface area contributed by atoms with E-state index in [1.165, 1.54) is 0 Å². The van der Waals surface area contributed by atoms with Crippen molar-refractivity contribution in [2.75, 3.05) is 0 Å². The number of carbonyl (C=O) groups is 1. The molecule has 0 saturated carbocycles. The molecule has 0 saturated heterocycles. The highest BCUT2D eigenvalue weighted by Gasteiger charge is 2.12. The van der Waals surface area contributed by atoms with Gasteiger partial charge in [0.2, 0.25) is 0 Å². The fraction of sp³-hybridized carbons (Fsp3) is 0.636. The molecule has 0 fully saturated rings. The minimum absolute atomic E-state index is 0.380. The number of aromatic amines is 1. The zero-order valence-electron chi connectivity index (χ0n) is 10.1. The fourth-order valence-corrected chi connectivity index (χ4v) is 1.58. The molecule has 96 valence electrons. The number of hydrogen-bond donors (Lipinski definition) is 3. The van der Waals surface area contributed by atoms with Crippen molar-refractivity contribution < 1.29 is 9.90 Å². The first-order valence-corrected chi connectivity index (χ1v) is 6.11. The van der Waals surface area contributed by atoms with E-state index in [1.54, 1.807) is 6.92 Å². The maximum atomic E-state index is 10.6. The lowest BCUT2D eigenvalue weighted by molar-refractivity contribution is -0.139. The quantitative estimate of drug-likeness (QED) is 0.700. The van der Waals surface area contributed by atoms with Gasteiger partial charge in [0, 0.05) is 13.0 Å². The summed E-state index contributed by atoms with van der Waals surface area (Å²) < 4.78 is 0. The van der Waals surface area contributed by atoms with Gasteiger partial charge in [0.05, 0.1) is 5.69 Å². The number of aliphatic carboxylic acids is 1. The lowest BCUT2D eigenvalue weighted by Gasteiger charge is -2.07. The van der Waals surface area contributed by atoms with Gasteiger partial charge in [0.25, 0.3) is 0 Å². The molecule has 0 aliphatic carbocycles. The minimum atomic E-state index is -0.883. The molecule has 3 N–H and O–H groups in total. The molecule has 1 atom stereocenters. The Morgan fingerprint density at radius 1 is 1.65 bits per heavy atom. The highest BCUT2D eigenvalue weighted by atomic mass is 35.5. The van der Waals surface area contributed by atoms with Crippen LogP contribution in [0.2, 0.25) is 5.15 Å². The summed E-state index contributed by atoms with van der Waals surface area (Å²) in [7, 11) is 0. The Hall–Kier alpha value is -1.07. The van der Waals surface area contributed by atoms with Crippen molar-refractivity contribution in [3.05, 3.63) is 16.7 Å². The van der Waals surface area contributed by atoms with E-state index in [0.717, 1.165) is 30.8 Å². The number of carboxylic acid groups (broad SMARTS) is 1. The van der Waals surface area contributed by atoms with Crippen molar-refractivity contribution in [3.8, 4) is 0 Å². The number of hydrogen-bond acceptors (Lipinski definition) is 3. The smallest absolute Gasteiger partial charge is 0.320 e. The van der Waals surface area contributed by atoms with Crippen molar-refractivity contribution in [1.82, 2.24) is 15.3 Å². The van der Waals surface area contributed by atoms with Crippen LogP contribution < -0.4 is 5.32 Å². The summed E-state index contributed by atoms with van der Waals surface area (Å²) in [6.45, 7) is 4.08. The maximum Gasteiger partial charge on any atom is 0.320 e. The zero-order chi connectivity index (χ0) is 12.8. The average molecular weight is 260 g/mol. The van der Waals surface area contributed by atoms with Crippen LogP contribution >= 0.6 is 11.6 Å². The van der Waals surface area contributed by atoms with Gasteiger partial charge < -0.3 is 10.1 Å². The first-order chi connectivity index (χ1) is 8.04. The molecule has 1 heterocycles. The summed E-state index contributed by atoms with van der Waals surface area (Å²) >= 11 is 5.96. The van der Waals surface area contributed by atoms with Crippen molar-refractivity contribution in [3.63, 3.8) is 0 Å². The third-order valence-electron chi connectivity index (χ3n) is 2.50. The molecule has 17 heavy (non-hydrogen) atoms. The summed E-state index contributed by atoms with van der Waals surface area (Å²) in [5, 5.41) is 12.0. The number of aryl methyl sites for hydroxylation is 1. The number of halogens is 1. The van der Waals surface area contributed by atoms with Crippen LogP contribution in [0.25, 0.3) is 0 Å². The zero-order valence-corrected chi connectivity index (χ0v) is 10.8. The van der Waals surface area contributed by atoms with Crippen LogP contribution in [0.15, 0.2) is 0 Å². The van der Waals surface area contributed by atoms with Gasteiger partial charge in [-0.2, -0.15) is 0 Å². The first-order valence-electron chi connectivity index (χ1n) is 5.74. The van der Waals surface area contributed by atoms with Gasteiger partial charge >= 0.3 is 5.97 Å². The van der Waals surface area contributed by atoms with E-state index < -0.39 is 12.0 Å². The summed E-state index contributed by atoms with van der Waals surface area (Å²) in [5.74, 6) is -0.0246. The maximum absolute atomic E-state index is 10.6. The van der Waals surface area contributed by atoms with E-state index in [9.17, 15) is 4.79 Å². The van der Waals surface area contributed by atoms with Crippen LogP contribution in [0, 0.1) is 0 Å². The molecule has 1 unspecified atom stereocenters. The number of carboxylic acids is 1.